The number of unbranched alkanes of at least 4 members (excludes halogenated alkanes) is 1. The van der Waals surface area contributed by atoms with Crippen LogP contribution in [-0.4, -0.2) is 25.1 Å². The Balaban J connectivity index is 2.38. The van der Waals surface area contributed by atoms with Crippen molar-refractivity contribution in [2.75, 3.05) is 13.1 Å². The van der Waals surface area contributed by atoms with Crippen LogP contribution in [0.1, 0.15) is 19.8 Å². The lowest BCUT2D eigenvalue weighted by molar-refractivity contribution is -0.127. The molecular formula is C13H19BrN2O2. The maximum atomic E-state index is 11.7. The summed E-state index contributed by atoms with van der Waals surface area (Å²) in [5.74, 6) is 0.560. The number of carbonyl (C=O) groups excluding carboxylic acids is 1. The number of para-hydroxylation sites is 1. The van der Waals surface area contributed by atoms with Gasteiger partial charge in [0.2, 0.25) is 0 Å². The third-order valence-electron chi connectivity index (χ3n) is 2.44. The Morgan fingerprint density at radius 3 is 2.83 bits per heavy atom. The highest BCUT2D eigenvalue weighted by Gasteiger charge is 2.14. The van der Waals surface area contributed by atoms with Crippen LogP contribution in [0.25, 0.3) is 0 Å². The first-order chi connectivity index (χ1) is 8.65. The molecule has 1 rings (SSSR count). The lowest BCUT2D eigenvalue weighted by atomic mass is 10.3. The molecule has 0 fully saturated rings. The Morgan fingerprint density at radius 1 is 1.44 bits per heavy atom. The number of carbonyl (C=O) groups is 1. The van der Waals surface area contributed by atoms with E-state index in [0.717, 1.165) is 17.3 Å². The Bertz CT molecular complexity index is 385. The summed E-state index contributed by atoms with van der Waals surface area (Å²) in [5, 5.41) is 2.82. The molecule has 100 valence electrons. The molecule has 4 nitrogen and oxygen atoms in total. The first-order valence-electron chi connectivity index (χ1n) is 6.04. The highest BCUT2D eigenvalue weighted by Crippen LogP contribution is 2.24. The zero-order chi connectivity index (χ0) is 13.4. The van der Waals surface area contributed by atoms with E-state index in [2.05, 4.69) is 21.2 Å². The molecule has 5 heteroatoms. The van der Waals surface area contributed by atoms with E-state index in [1.807, 2.05) is 24.3 Å². The molecule has 0 aliphatic carbocycles. The van der Waals surface area contributed by atoms with Gasteiger partial charge in [-0.2, -0.15) is 0 Å². The fourth-order valence-corrected chi connectivity index (χ4v) is 1.79. The van der Waals surface area contributed by atoms with Gasteiger partial charge in [0.05, 0.1) is 4.47 Å². The zero-order valence-electron chi connectivity index (χ0n) is 10.5. The summed E-state index contributed by atoms with van der Waals surface area (Å²) in [4.78, 5) is 11.7. The fourth-order valence-electron chi connectivity index (χ4n) is 1.41. The van der Waals surface area contributed by atoms with Gasteiger partial charge in [-0.3, -0.25) is 4.79 Å². The molecule has 1 aromatic carbocycles. The summed E-state index contributed by atoms with van der Waals surface area (Å²) in [6.45, 7) is 3.02. The smallest absolute Gasteiger partial charge is 0.260 e. The number of rotatable bonds is 7. The summed E-state index contributed by atoms with van der Waals surface area (Å²) < 4.78 is 6.42. The van der Waals surface area contributed by atoms with Crippen LogP contribution in [0.2, 0.25) is 0 Å². The van der Waals surface area contributed by atoms with Crippen molar-refractivity contribution < 1.29 is 9.53 Å². The van der Waals surface area contributed by atoms with Crippen LogP contribution in [0.5, 0.6) is 5.75 Å². The van der Waals surface area contributed by atoms with Gasteiger partial charge in [0.25, 0.3) is 5.91 Å². The number of ether oxygens (including phenoxy) is 1. The summed E-state index contributed by atoms with van der Waals surface area (Å²) in [7, 11) is 0. The molecule has 0 aromatic heterocycles. The van der Waals surface area contributed by atoms with E-state index in [1.165, 1.54) is 0 Å². The van der Waals surface area contributed by atoms with Crippen LogP contribution in [0, 0.1) is 0 Å². The molecule has 1 unspecified atom stereocenters. The molecule has 0 bridgehead atoms. The van der Waals surface area contributed by atoms with Crippen LogP contribution >= 0.6 is 15.9 Å². The van der Waals surface area contributed by atoms with Gasteiger partial charge in [0.15, 0.2) is 6.10 Å². The van der Waals surface area contributed by atoms with Crippen molar-refractivity contribution in [2.45, 2.75) is 25.9 Å². The largest absolute Gasteiger partial charge is 0.480 e. The van der Waals surface area contributed by atoms with E-state index in [1.54, 1.807) is 6.92 Å². The molecule has 1 atom stereocenters. The van der Waals surface area contributed by atoms with Crippen LogP contribution in [0.3, 0.4) is 0 Å². The zero-order valence-corrected chi connectivity index (χ0v) is 12.1. The van der Waals surface area contributed by atoms with Crippen LogP contribution in [0.4, 0.5) is 0 Å². The van der Waals surface area contributed by atoms with Gasteiger partial charge in [-0.05, 0) is 54.4 Å². The van der Waals surface area contributed by atoms with Crippen molar-refractivity contribution in [3.05, 3.63) is 28.7 Å². The number of amides is 1. The maximum absolute atomic E-state index is 11.7. The molecule has 0 saturated heterocycles. The summed E-state index contributed by atoms with van der Waals surface area (Å²) in [6, 6.07) is 7.46. The summed E-state index contributed by atoms with van der Waals surface area (Å²) >= 11 is 3.38. The molecule has 0 heterocycles. The lowest BCUT2D eigenvalue weighted by Crippen LogP contribution is -2.37. The molecule has 0 aliphatic heterocycles. The number of benzene rings is 1. The number of hydrogen-bond acceptors (Lipinski definition) is 3. The second-order valence-electron chi connectivity index (χ2n) is 3.98. The third-order valence-corrected chi connectivity index (χ3v) is 3.09. The summed E-state index contributed by atoms with van der Waals surface area (Å²) in [6.07, 6.45) is 1.30. The Morgan fingerprint density at radius 2 is 2.17 bits per heavy atom. The van der Waals surface area contributed by atoms with Crippen molar-refractivity contribution in [2.24, 2.45) is 5.73 Å². The van der Waals surface area contributed by atoms with Gasteiger partial charge in [-0.15, -0.1) is 0 Å². The van der Waals surface area contributed by atoms with Gasteiger partial charge in [0, 0.05) is 6.54 Å². The predicted molar refractivity (Wildman–Crippen MR) is 75.5 cm³/mol. The van der Waals surface area contributed by atoms with E-state index in [0.29, 0.717) is 18.8 Å². The highest BCUT2D eigenvalue weighted by atomic mass is 79.9. The van der Waals surface area contributed by atoms with Crippen LogP contribution < -0.4 is 15.8 Å². The van der Waals surface area contributed by atoms with Gasteiger partial charge in [0.1, 0.15) is 5.75 Å². The van der Waals surface area contributed by atoms with Gasteiger partial charge < -0.3 is 15.8 Å². The van der Waals surface area contributed by atoms with Crippen LogP contribution in [-0.2, 0) is 4.79 Å². The lowest BCUT2D eigenvalue weighted by Gasteiger charge is -2.15. The maximum Gasteiger partial charge on any atom is 0.260 e. The van der Waals surface area contributed by atoms with Crippen LogP contribution in [0.15, 0.2) is 28.7 Å². The fraction of sp³-hybridized carbons (Fsp3) is 0.462. The normalized spacial score (nSPS) is 11.9. The van der Waals surface area contributed by atoms with Gasteiger partial charge in [-0.25, -0.2) is 0 Å². The minimum Gasteiger partial charge on any atom is -0.480 e. The minimum absolute atomic E-state index is 0.109. The molecule has 0 saturated carbocycles. The molecule has 1 aromatic rings. The van der Waals surface area contributed by atoms with E-state index < -0.39 is 6.10 Å². The number of nitrogens with one attached hydrogen (secondary N) is 1. The Kier molecular flexibility index (Phi) is 6.75. The summed E-state index contributed by atoms with van der Waals surface area (Å²) in [5.41, 5.74) is 5.38. The molecule has 0 aliphatic rings. The SMILES string of the molecule is CC(Oc1ccccc1Br)C(=O)NCCCCN. The second kappa shape index (κ2) is 8.11. The predicted octanol–water partition coefficient (Wildman–Crippen LogP) is 2.07. The average Bonchev–Trinajstić information content (AvgIpc) is 2.37. The molecular weight excluding hydrogens is 296 g/mol. The minimum atomic E-state index is -0.512. The quantitative estimate of drug-likeness (QED) is 0.757. The third kappa shape index (κ3) is 5.06. The Hall–Kier alpha value is -1.07. The molecule has 1 amide bonds. The topological polar surface area (TPSA) is 64.3 Å². The molecule has 3 N–H and O–H groups in total. The van der Waals surface area contributed by atoms with E-state index in [-0.39, 0.29) is 5.91 Å². The van der Waals surface area contributed by atoms with E-state index >= 15 is 0 Å². The van der Waals surface area contributed by atoms with Crippen molar-refractivity contribution in [1.82, 2.24) is 5.32 Å². The first-order valence-corrected chi connectivity index (χ1v) is 6.83. The van der Waals surface area contributed by atoms with Gasteiger partial charge in [-0.1, -0.05) is 12.1 Å². The van der Waals surface area contributed by atoms with E-state index in [9.17, 15) is 4.79 Å². The molecule has 0 radical (unpaired) electrons. The van der Waals surface area contributed by atoms with Crippen molar-refractivity contribution in [1.29, 1.82) is 0 Å². The first kappa shape index (κ1) is 15.0. The number of halogens is 1. The highest BCUT2D eigenvalue weighted by molar-refractivity contribution is 9.10. The second-order valence-corrected chi connectivity index (χ2v) is 4.83. The standard InChI is InChI=1S/C13H19BrN2O2/c1-10(13(17)16-9-5-4-8-15)18-12-7-3-2-6-11(12)14/h2-3,6-7,10H,4-5,8-9,15H2,1H3,(H,16,17). The van der Waals surface area contributed by atoms with Crippen molar-refractivity contribution in [3.8, 4) is 5.75 Å². The molecule has 18 heavy (non-hydrogen) atoms. The number of hydrogen-bond donors (Lipinski definition) is 2. The molecule has 0 spiro atoms. The monoisotopic (exact) mass is 314 g/mol. The average molecular weight is 315 g/mol. The van der Waals surface area contributed by atoms with E-state index in [4.69, 9.17) is 10.5 Å². The van der Waals surface area contributed by atoms with Crippen molar-refractivity contribution >= 4 is 21.8 Å². The number of nitrogens with two attached hydrogens (primary N) is 1. The Labute approximate surface area is 116 Å². The van der Waals surface area contributed by atoms with Crippen molar-refractivity contribution in [3.63, 3.8) is 0 Å². The van der Waals surface area contributed by atoms with Gasteiger partial charge >= 0.3 is 0 Å².